The molecule has 0 aliphatic heterocycles. The maximum atomic E-state index is 12.3. The quantitative estimate of drug-likeness (QED) is 0.810. The zero-order valence-corrected chi connectivity index (χ0v) is 14.4. The molecule has 22 heavy (non-hydrogen) atoms. The minimum atomic E-state index is 0.126. The normalized spacial score (nSPS) is 10.9. The van der Waals surface area contributed by atoms with Crippen molar-refractivity contribution in [3.05, 3.63) is 17.3 Å². The fraction of sp³-hybridized carbons (Fsp3) is 0.562. The number of thiophene rings is 1. The van der Waals surface area contributed by atoms with Gasteiger partial charge in [0.1, 0.15) is 17.0 Å². The molecule has 0 radical (unpaired) electrons. The van der Waals surface area contributed by atoms with Crippen molar-refractivity contribution >= 4 is 33.3 Å². The lowest BCUT2D eigenvalue weighted by Gasteiger charge is -2.21. The summed E-state index contributed by atoms with van der Waals surface area (Å²) in [6, 6.07) is 2.11. The lowest BCUT2D eigenvalue weighted by atomic mass is 10.3. The SMILES string of the molecule is CCCN(CCC)C(=O)CNc1ncnc2sc(CC)cc12. The van der Waals surface area contributed by atoms with E-state index < -0.39 is 0 Å². The van der Waals surface area contributed by atoms with E-state index in [0.29, 0.717) is 0 Å². The highest BCUT2D eigenvalue weighted by atomic mass is 32.1. The van der Waals surface area contributed by atoms with Crippen LogP contribution >= 0.6 is 11.3 Å². The number of fused-ring (bicyclic) bond motifs is 1. The van der Waals surface area contributed by atoms with Gasteiger partial charge in [0.05, 0.1) is 11.9 Å². The first-order chi connectivity index (χ1) is 10.7. The summed E-state index contributed by atoms with van der Waals surface area (Å²) in [5.74, 6) is 0.878. The predicted molar refractivity (Wildman–Crippen MR) is 92.4 cm³/mol. The molecule has 1 amide bonds. The Bertz CT molecular complexity index is 620. The number of hydrogen-bond donors (Lipinski definition) is 1. The molecule has 0 aliphatic carbocycles. The van der Waals surface area contributed by atoms with E-state index in [1.807, 2.05) is 4.90 Å². The lowest BCUT2D eigenvalue weighted by molar-refractivity contribution is -0.129. The predicted octanol–water partition coefficient (Wildman–Crippen LogP) is 3.31. The number of carbonyl (C=O) groups excluding carboxylic acids is 1. The Morgan fingerprint density at radius 1 is 1.23 bits per heavy atom. The van der Waals surface area contributed by atoms with Crippen molar-refractivity contribution in [3.63, 3.8) is 0 Å². The molecular formula is C16H24N4OS. The molecule has 0 aromatic carbocycles. The Balaban J connectivity index is 2.07. The zero-order valence-electron chi connectivity index (χ0n) is 13.6. The summed E-state index contributed by atoms with van der Waals surface area (Å²) < 4.78 is 0. The van der Waals surface area contributed by atoms with Gasteiger partial charge in [-0.3, -0.25) is 4.79 Å². The highest BCUT2D eigenvalue weighted by molar-refractivity contribution is 7.18. The van der Waals surface area contributed by atoms with Crippen molar-refractivity contribution in [2.24, 2.45) is 0 Å². The minimum absolute atomic E-state index is 0.126. The molecule has 2 heterocycles. The summed E-state index contributed by atoms with van der Waals surface area (Å²) in [7, 11) is 0. The monoisotopic (exact) mass is 320 g/mol. The van der Waals surface area contributed by atoms with Crippen molar-refractivity contribution in [2.45, 2.75) is 40.0 Å². The van der Waals surface area contributed by atoms with Gasteiger partial charge in [0.25, 0.3) is 0 Å². The number of amides is 1. The van der Waals surface area contributed by atoms with Crippen LogP contribution in [0.15, 0.2) is 12.4 Å². The van der Waals surface area contributed by atoms with Crippen LogP contribution in [0.5, 0.6) is 0 Å². The summed E-state index contributed by atoms with van der Waals surface area (Å²) in [5, 5.41) is 4.20. The van der Waals surface area contributed by atoms with E-state index in [0.717, 1.165) is 48.4 Å². The third-order valence-corrected chi connectivity index (χ3v) is 4.66. The molecule has 120 valence electrons. The van der Waals surface area contributed by atoms with Gasteiger partial charge in [-0.05, 0) is 25.3 Å². The van der Waals surface area contributed by atoms with Crippen LogP contribution in [0.25, 0.3) is 10.2 Å². The summed E-state index contributed by atoms with van der Waals surface area (Å²) in [6.45, 7) is 8.22. The van der Waals surface area contributed by atoms with Gasteiger partial charge in [-0.2, -0.15) is 0 Å². The van der Waals surface area contributed by atoms with E-state index in [1.165, 1.54) is 4.88 Å². The molecule has 0 saturated heterocycles. The molecule has 2 aromatic heterocycles. The third kappa shape index (κ3) is 3.94. The van der Waals surface area contributed by atoms with Crippen molar-refractivity contribution in [3.8, 4) is 0 Å². The number of hydrogen-bond acceptors (Lipinski definition) is 5. The summed E-state index contributed by atoms with van der Waals surface area (Å²) in [4.78, 5) is 25.1. The highest BCUT2D eigenvalue weighted by Crippen LogP contribution is 2.28. The Labute approximate surface area is 135 Å². The smallest absolute Gasteiger partial charge is 0.241 e. The Morgan fingerprint density at radius 3 is 2.59 bits per heavy atom. The summed E-state index contributed by atoms with van der Waals surface area (Å²) >= 11 is 1.68. The van der Waals surface area contributed by atoms with Gasteiger partial charge >= 0.3 is 0 Å². The Morgan fingerprint density at radius 2 is 1.95 bits per heavy atom. The first kappa shape index (κ1) is 16.7. The molecule has 0 unspecified atom stereocenters. The summed E-state index contributed by atoms with van der Waals surface area (Å²) in [6.07, 6.45) is 4.50. The average Bonchev–Trinajstić information content (AvgIpc) is 2.96. The van der Waals surface area contributed by atoms with Crippen molar-refractivity contribution in [1.29, 1.82) is 0 Å². The summed E-state index contributed by atoms with van der Waals surface area (Å²) in [5.41, 5.74) is 0. The van der Waals surface area contributed by atoms with Crippen LogP contribution in [-0.2, 0) is 11.2 Å². The molecule has 0 atom stereocenters. The first-order valence-electron chi connectivity index (χ1n) is 7.94. The van der Waals surface area contributed by atoms with Crippen LogP contribution in [0.3, 0.4) is 0 Å². The molecular weight excluding hydrogens is 296 g/mol. The topological polar surface area (TPSA) is 58.1 Å². The molecule has 0 fully saturated rings. The zero-order chi connectivity index (χ0) is 15.9. The fourth-order valence-electron chi connectivity index (χ4n) is 2.39. The van der Waals surface area contributed by atoms with Crippen LogP contribution in [0.4, 0.5) is 5.82 Å². The standard InChI is InChI=1S/C16H24N4OS/c1-4-7-20(8-5-2)14(21)10-17-15-13-9-12(6-3)22-16(13)19-11-18-15/h9,11H,4-8,10H2,1-3H3,(H,17,18,19). The number of aromatic nitrogens is 2. The van der Waals surface area contributed by atoms with Crippen molar-refractivity contribution < 1.29 is 4.79 Å². The van der Waals surface area contributed by atoms with Gasteiger partial charge in [-0.25, -0.2) is 9.97 Å². The van der Waals surface area contributed by atoms with Gasteiger partial charge in [0, 0.05) is 18.0 Å². The van der Waals surface area contributed by atoms with E-state index in [9.17, 15) is 4.79 Å². The molecule has 2 aromatic rings. The van der Waals surface area contributed by atoms with Crippen LogP contribution in [-0.4, -0.2) is 40.4 Å². The highest BCUT2D eigenvalue weighted by Gasteiger charge is 2.13. The van der Waals surface area contributed by atoms with E-state index in [1.54, 1.807) is 17.7 Å². The van der Waals surface area contributed by atoms with E-state index in [4.69, 9.17) is 0 Å². The van der Waals surface area contributed by atoms with Crippen LogP contribution in [0, 0.1) is 0 Å². The largest absolute Gasteiger partial charge is 0.360 e. The number of rotatable bonds is 8. The second-order valence-electron chi connectivity index (χ2n) is 5.24. The molecule has 6 heteroatoms. The number of nitrogens with zero attached hydrogens (tertiary/aromatic N) is 3. The number of nitrogens with one attached hydrogen (secondary N) is 1. The fourth-order valence-corrected chi connectivity index (χ4v) is 3.33. The first-order valence-corrected chi connectivity index (χ1v) is 8.76. The van der Waals surface area contributed by atoms with Gasteiger partial charge in [0.2, 0.25) is 5.91 Å². The van der Waals surface area contributed by atoms with Gasteiger partial charge < -0.3 is 10.2 Å². The third-order valence-electron chi connectivity index (χ3n) is 3.48. The second-order valence-corrected chi connectivity index (χ2v) is 6.36. The number of aryl methyl sites for hydroxylation is 1. The van der Waals surface area contributed by atoms with Crippen molar-refractivity contribution in [1.82, 2.24) is 14.9 Å². The Kier molecular flexibility index (Phi) is 6.12. The minimum Gasteiger partial charge on any atom is -0.360 e. The molecule has 5 nitrogen and oxygen atoms in total. The maximum absolute atomic E-state index is 12.3. The van der Waals surface area contributed by atoms with Crippen LogP contribution in [0.1, 0.15) is 38.5 Å². The molecule has 0 bridgehead atoms. The maximum Gasteiger partial charge on any atom is 0.241 e. The van der Waals surface area contributed by atoms with E-state index in [-0.39, 0.29) is 12.5 Å². The molecule has 0 aliphatic rings. The van der Waals surface area contributed by atoms with E-state index in [2.05, 4.69) is 42.1 Å². The van der Waals surface area contributed by atoms with Crippen LogP contribution < -0.4 is 5.32 Å². The molecule has 0 saturated carbocycles. The number of anilines is 1. The van der Waals surface area contributed by atoms with Crippen molar-refractivity contribution in [2.75, 3.05) is 25.0 Å². The molecule has 0 spiro atoms. The van der Waals surface area contributed by atoms with Gasteiger partial charge in [-0.15, -0.1) is 11.3 Å². The van der Waals surface area contributed by atoms with Gasteiger partial charge in [0.15, 0.2) is 0 Å². The van der Waals surface area contributed by atoms with Gasteiger partial charge in [-0.1, -0.05) is 20.8 Å². The second kappa shape index (κ2) is 8.08. The van der Waals surface area contributed by atoms with Crippen LogP contribution in [0.2, 0.25) is 0 Å². The molecule has 2 rings (SSSR count). The number of carbonyl (C=O) groups is 1. The molecule has 1 N–H and O–H groups in total. The van der Waals surface area contributed by atoms with E-state index >= 15 is 0 Å². The lowest BCUT2D eigenvalue weighted by Crippen LogP contribution is -2.36. The average molecular weight is 320 g/mol. The Hall–Kier alpha value is -1.69.